The number of hydrogen-bond acceptors (Lipinski definition) is 1. The minimum Gasteiger partial charge on any atom is -0.352 e. The molecule has 2 aromatic rings. The summed E-state index contributed by atoms with van der Waals surface area (Å²) in [5.74, 6) is -2.73. The first-order valence-electron chi connectivity index (χ1n) is 6.36. The smallest absolute Gasteiger partial charge is 0.254 e. The highest BCUT2D eigenvalue weighted by atomic mass is 19.2. The molecule has 0 fully saturated rings. The molecule has 2 nitrogen and oxygen atoms in total. The highest BCUT2D eigenvalue weighted by Crippen LogP contribution is 2.11. The van der Waals surface area contributed by atoms with Gasteiger partial charge in [-0.2, -0.15) is 0 Å². The molecule has 0 saturated carbocycles. The van der Waals surface area contributed by atoms with Gasteiger partial charge >= 0.3 is 0 Å². The van der Waals surface area contributed by atoms with Gasteiger partial charge in [-0.05, 0) is 36.6 Å². The molecule has 0 atom stereocenters. The molecule has 1 N–H and O–H groups in total. The molecule has 0 spiro atoms. The van der Waals surface area contributed by atoms with Crippen molar-refractivity contribution in [3.63, 3.8) is 0 Å². The topological polar surface area (TPSA) is 29.1 Å². The molecule has 0 unspecified atom stereocenters. The SMILES string of the molecule is Cc1ccccc1CCNC(=O)c1cccc(F)c1F. The van der Waals surface area contributed by atoms with Crippen molar-refractivity contribution in [2.45, 2.75) is 13.3 Å². The standard InChI is InChI=1S/C16H15F2NO/c1-11-5-2-3-6-12(11)9-10-19-16(20)13-7-4-8-14(17)15(13)18/h2-8H,9-10H2,1H3,(H,19,20). The second-order valence-corrected chi connectivity index (χ2v) is 4.53. The predicted molar refractivity (Wildman–Crippen MR) is 73.6 cm³/mol. The molecule has 0 aliphatic heterocycles. The van der Waals surface area contributed by atoms with Crippen LogP contribution in [0.15, 0.2) is 42.5 Å². The van der Waals surface area contributed by atoms with Crippen molar-refractivity contribution in [3.05, 3.63) is 70.8 Å². The molecule has 4 heteroatoms. The fraction of sp³-hybridized carbons (Fsp3) is 0.188. The molecular weight excluding hydrogens is 260 g/mol. The lowest BCUT2D eigenvalue weighted by molar-refractivity contribution is 0.0949. The number of aryl methyl sites for hydroxylation is 1. The largest absolute Gasteiger partial charge is 0.352 e. The van der Waals surface area contributed by atoms with Crippen LogP contribution in [-0.2, 0) is 6.42 Å². The molecule has 0 aliphatic carbocycles. The molecule has 0 heterocycles. The number of halogens is 2. The van der Waals surface area contributed by atoms with Gasteiger partial charge in [0.1, 0.15) is 0 Å². The summed E-state index contributed by atoms with van der Waals surface area (Å²) in [5, 5.41) is 2.60. The third-order valence-corrected chi connectivity index (χ3v) is 3.14. The maximum atomic E-state index is 13.4. The normalized spacial score (nSPS) is 10.3. The second-order valence-electron chi connectivity index (χ2n) is 4.53. The quantitative estimate of drug-likeness (QED) is 0.911. The van der Waals surface area contributed by atoms with Crippen LogP contribution < -0.4 is 5.32 Å². The zero-order chi connectivity index (χ0) is 14.5. The lowest BCUT2D eigenvalue weighted by atomic mass is 10.1. The average molecular weight is 275 g/mol. The third kappa shape index (κ3) is 3.20. The zero-order valence-electron chi connectivity index (χ0n) is 11.1. The second kappa shape index (κ2) is 6.28. The van der Waals surface area contributed by atoms with Crippen LogP contribution in [-0.4, -0.2) is 12.5 Å². The molecule has 2 rings (SSSR count). The van der Waals surface area contributed by atoms with Gasteiger partial charge in [0.25, 0.3) is 5.91 Å². The first-order chi connectivity index (χ1) is 9.59. The van der Waals surface area contributed by atoms with Crippen molar-refractivity contribution >= 4 is 5.91 Å². The highest BCUT2D eigenvalue weighted by Gasteiger charge is 2.14. The van der Waals surface area contributed by atoms with Crippen molar-refractivity contribution < 1.29 is 13.6 Å². The Kier molecular flexibility index (Phi) is 4.45. The van der Waals surface area contributed by atoms with E-state index in [0.717, 1.165) is 17.2 Å². The van der Waals surface area contributed by atoms with Gasteiger partial charge in [-0.3, -0.25) is 4.79 Å². The van der Waals surface area contributed by atoms with E-state index in [9.17, 15) is 13.6 Å². The Morgan fingerprint density at radius 1 is 1.10 bits per heavy atom. The molecule has 0 aliphatic rings. The van der Waals surface area contributed by atoms with E-state index in [4.69, 9.17) is 0 Å². The number of amides is 1. The van der Waals surface area contributed by atoms with Crippen LogP contribution in [0.3, 0.4) is 0 Å². The van der Waals surface area contributed by atoms with Gasteiger partial charge in [0.05, 0.1) is 5.56 Å². The molecule has 0 saturated heterocycles. The van der Waals surface area contributed by atoms with Crippen LogP contribution in [0.25, 0.3) is 0 Å². The third-order valence-electron chi connectivity index (χ3n) is 3.14. The van der Waals surface area contributed by atoms with Gasteiger partial charge in [0, 0.05) is 6.54 Å². The molecule has 0 aromatic heterocycles. The number of rotatable bonds is 4. The maximum absolute atomic E-state index is 13.4. The van der Waals surface area contributed by atoms with E-state index >= 15 is 0 Å². The Bertz CT molecular complexity index is 626. The van der Waals surface area contributed by atoms with Crippen molar-refractivity contribution in [1.82, 2.24) is 5.32 Å². The van der Waals surface area contributed by atoms with Crippen molar-refractivity contribution in [3.8, 4) is 0 Å². The molecule has 0 bridgehead atoms. The van der Waals surface area contributed by atoms with Crippen LogP contribution in [0.2, 0.25) is 0 Å². The van der Waals surface area contributed by atoms with E-state index in [2.05, 4.69) is 5.32 Å². The minimum absolute atomic E-state index is 0.269. The fourth-order valence-electron chi connectivity index (χ4n) is 1.98. The first kappa shape index (κ1) is 14.2. The summed E-state index contributed by atoms with van der Waals surface area (Å²) in [6.07, 6.45) is 0.648. The van der Waals surface area contributed by atoms with Gasteiger partial charge in [0.2, 0.25) is 0 Å². The summed E-state index contributed by atoms with van der Waals surface area (Å²) in [7, 11) is 0. The molecule has 1 amide bonds. The molecule has 0 radical (unpaired) electrons. The number of nitrogens with one attached hydrogen (secondary N) is 1. The number of carbonyl (C=O) groups is 1. The molecule has 20 heavy (non-hydrogen) atoms. The molecule has 104 valence electrons. The summed E-state index contributed by atoms with van der Waals surface area (Å²) >= 11 is 0. The van der Waals surface area contributed by atoms with Crippen LogP contribution >= 0.6 is 0 Å². The highest BCUT2D eigenvalue weighted by molar-refractivity contribution is 5.94. The Balaban J connectivity index is 1.96. The monoisotopic (exact) mass is 275 g/mol. The van der Waals surface area contributed by atoms with Gasteiger partial charge in [-0.1, -0.05) is 30.3 Å². The number of benzene rings is 2. The lowest BCUT2D eigenvalue weighted by Gasteiger charge is -2.08. The van der Waals surface area contributed by atoms with Gasteiger partial charge in [-0.25, -0.2) is 8.78 Å². The summed E-state index contributed by atoms with van der Waals surface area (Å²) in [6.45, 7) is 2.36. The first-order valence-corrected chi connectivity index (χ1v) is 6.36. The van der Waals surface area contributed by atoms with Crippen LogP contribution in [0, 0.1) is 18.6 Å². The van der Waals surface area contributed by atoms with Gasteiger partial charge in [-0.15, -0.1) is 0 Å². The average Bonchev–Trinajstić information content (AvgIpc) is 2.44. The van der Waals surface area contributed by atoms with Crippen LogP contribution in [0.4, 0.5) is 8.78 Å². The zero-order valence-corrected chi connectivity index (χ0v) is 11.1. The Labute approximate surface area is 116 Å². The van der Waals surface area contributed by atoms with E-state index in [0.29, 0.717) is 13.0 Å². The Morgan fingerprint density at radius 3 is 2.60 bits per heavy atom. The van der Waals surface area contributed by atoms with Crippen LogP contribution in [0.5, 0.6) is 0 Å². The van der Waals surface area contributed by atoms with Crippen molar-refractivity contribution in [2.24, 2.45) is 0 Å². The summed E-state index contributed by atoms with van der Waals surface area (Å²) in [6, 6.07) is 11.4. The summed E-state index contributed by atoms with van der Waals surface area (Å²) in [4.78, 5) is 11.8. The lowest BCUT2D eigenvalue weighted by Crippen LogP contribution is -2.27. The maximum Gasteiger partial charge on any atom is 0.254 e. The summed E-state index contributed by atoms with van der Waals surface area (Å²) in [5.41, 5.74) is 1.99. The van der Waals surface area contributed by atoms with Gasteiger partial charge < -0.3 is 5.32 Å². The summed E-state index contributed by atoms with van der Waals surface area (Å²) < 4.78 is 26.5. The molecular formula is C16H15F2NO. The van der Waals surface area contributed by atoms with Crippen LogP contribution in [0.1, 0.15) is 21.5 Å². The van der Waals surface area contributed by atoms with Crippen molar-refractivity contribution in [1.29, 1.82) is 0 Å². The van der Waals surface area contributed by atoms with E-state index in [-0.39, 0.29) is 5.56 Å². The number of hydrogen-bond donors (Lipinski definition) is 1. The van der Waals surface area contributed by atoms with E-state index in [1.54, 1.807) is 0 Å². The Morgan fingerprint density at radius 2 is 1.85 bits per heavy atom. The minimum atomic E-state index is -1.11. The number of carbonyl (C=O) groups excluding carboxylic acids is 1. The van der Waals surface area contributed by atoms with E-state index in [1.165, 1.54) is 12.1 Å². The van der Waals surface area contributed by atoms with E-state index < -0.39 is 17.5 Å². The predicted octanol–water partition coefficient (Wildman–Crippen LogP) is 3.25. The van der Waals surface area contributed by atoms with Crippen molar-refractivity contribution in [2.75, 3.05) is 6.54 Å². The fourth-order valence-corrected chi connectivity index (χ4v) is 1.98. The van der Waals surface area contributed by atoms with Gasteiger partial charge in [0.15, 0.2) is 11.6 Å². The van der Waals surface area contributed by atoms with E-state index in [1.807, 2.05) is 31.2 Å². The molecule has 2 aromatic carbocycles. The Hall–Kier alpha value is -2.23.